The fourth-order valence-electron chi connectivity index (χ4n) is 3.12. The van der Waals surface area contributed by atoms with E-state index in [1.807, 2.05) is 6.92 Å². The fraction of sp³-hybridized carbons (Fsp3) is 0.632. The summed E-state index contributed by atoms with van der Waals surface area (Å²) in [5.41, 5.74) is 0.608. The Morgan fingerprint density at radius 2 is 2.00 bits per heavy atom. The van der Waals surface area contributed by atoms with Crippen LogP contribution in [0.4, 0.5) is 8.78 Å². The summed E-state index contributed by atoms with van der Waals surface area (Å²) in [5, 5.41) is 6.71. The molecule has 28 heavy (non-hydrogen) atoms. The number of likely N-dealkylation sites (tertiary alicyclic amines) is 1. The van der Waals surface area contributed by atoms with E-state index in [4.69, 9.17) is 0 Å². The van der Waals surface area contributed by atoms with Crippen LogP contribution in [-0.2, 0) is 6.54 Å². The molecule has 9 heteroatoms. The largest absolute Gasteiger partial charge is 0.434 e. The number of benzene rings is 1. The lowest BCUT2D eigenvalue weighted by Gasteiger charge is -2.35. The zero-order valence-electron chi connectivity index (χ0n) is 16.6. The number of nitrogens with one attached hydrogen (secondary N) is 2. The van der Waals surface area contributed by atoms with Gasteiger partial charge in [0.15, 0.2) is 5.96 Å². The maximum Gasteiger partial charge on any atom is 0.387 e. The van der Waals surface area contributed by atoms with E-state index in [9.17, 15) is 8.78 Å². The van der Waals surface area contributed by atoms with Crippen LogP contribution >= 0.6 is 39.9 Å². The van der Waals surface area contributed by atoms with Crippen molar-refractivity contribution >= 4 is 45.9 Å². The summed E-state index contributed by atoms with van der Waals surface area (Å²) < 4.78 is 30.6. The highest BCUT2D eigenvalue weighted by atomic mass is 127. The molecule has 0 atom stereocenters. The lowest BCUT2D eigenvalue weighted by Crippen LogP contribution is -2.49. The van der Waals surface area contributed by atoms with E-state index in [1.54, 1.807) is 12.1 Å². The SMILES string of the molecule is CCNC(=NCc1cc(Br)ccc1OC(F)F)NC1CCN(C(C)C)CC1.I. The van der Waals surface area contributed by atoms with Crippen LogP contribution in [0.25, 0.3) is 0 Å². The van der Waals surface area contributed by atoms with Crippen molar-refractivity contribution in [2.75, 3.05) is 19.6 Å². The van der Waals surface area contributed by atoms with Crippen LogP contribution in [0.5, 0.6) is 5.75 Å². The number of hydrogen-bond donors (Lipinski definition) is 2. The minimum atomic E-state index is -2.86. The molecule has 160 valence electrons. The fourth-order valence-corrected chi connectivity index (χ4v) is 3.53. The smallest absolute Gasteiger partial charge is 0.387 e. The monoisotopic (exact) mass is 574 g/mol. The number of guanidine groups is 1. The Labute approximate surface area is 191 Å². The van der Waals surface area contributed by atoms with Gasteiger partial charge in [0.25, 0.3) is 0 Å². The van der Waals surface area contributed by atoms with Crippen molar-refractivity contribution in [2.45, 2.75) is 58.9 Å². The van der Waals surface area contributed by atoms with Crippen molar-refractivity contribution in [3.63, 3.8) is 0 Å². The molecular weight excluding hydrogens is 545 g/mol. The number of aliphatic imine (C=N–C) groups is 1. The van der Waals surface area contributed by atoms with E-state index in [0.29, 0.717) is 23.6 Å². The quantitative estimate of drug-likeness (QED) is 0.284. The standard InChI is InChI=1S/C19H29BrF2N4O.HI/c1-4-23-19(25-16-7-9-26(10-8-16)13(2)3)24-12-14-11-15(20)5-6-17(14)27-18(21)22;/h5-6,11,13,16,18H,4,7-10,12H2,1-3H3,(H2,23,24,25);1H. The van der Waals surface area contributed by atoms with Gasteiger partial charge in [-0.05, 0) is 51.8 Å². The van der Waals surface area contributed by atoms with Crippen LogP contribution in [-0.4, -0.2) is 49.2 Å². The number of alkyl halides is 2. The van der Waals surface area contributed by atoms with Gasteiger partial charge in [0, 0.05) is 41.8 Å². The Bertz CT molecular complexity index is 626. The summed E-state index contributed by atoms with van der Waals surface area (Å²) in [6.07, 6.45) is 2.11. The van der Waals surface area contributed by atoms with Gasteiger partial charge in [0.05, 0.1) is 6.54 Å². The van der Waals surface area contributed by atoms with Crippen LogP contribution < -0.4 is 15.4 Å². The molecular formula is C19H30BrF2IN4O. The van der Waals surface area contributed by atoms with E-state index in [0.717, 1.165) is 36.9 Å². The Balaban J connectivity index is 0.00000392. The van der Waals surface area contributed by atoms with Crippen LogP contribution in [0.15, 0.2) is 27.7 Å². The number of hydrogen-bond acceptors (Lipinski definition) is 3. The molecule has 0 radical (unpaired) electrons. The zero-order valence-corrected chi connectivity index (χ0v) is 20.5. The van der Waals surface area contributed by atoms with E-state index < -0.39 is 6.61 Å². The molecule has 1 heterocycles. The molecule has 0 spiro atoms. The second-order valence-corrected chi connectivity index (χ2v) is 7.79. The summed E-state index contributed by atoms with van der Waals surface area (Å²) in [7, 11) is 0. The molecule has 1 saturated heterocycles. The third-order valence-corrected chi connectivity index (χ3v) is 5.08. The molecule has 5 nitrogen and oxygen atoms in total. The van der Waals surface area contributed by atoms with Crippen LogP contribution in [0.1, 0.15) is 39.2 Å². The van der Waals surface area contributed by atoms with Gasteiger partial charge in [-0.1, -0.05) is 15.9 Å². The molecule has 1 aromatic rings. The average molecular weight is 575 g/mol. The first-order chi connectivity index (χ1) is 12.9. The molecule has 0 amide bonds. The summed E-state index contributed by atoms with van der Waals surface area (Å²) >= 11 is 3.37. The minimum Gasteiger partial charge on any atom is -0.434 e. The number of ether oxygens (including phenoxy) is 1. The molecule has 2 N–H and O–H groups in total. The Hall–Kier alpha value is -0.680. The molecule has 1 aliphatic heterocycles. The van der Waals surface area contributed by atoms with Gasteiger partial charge in [-0.2, -0.15) is 8.78 Å². The van der Waals surface area contributed by atoms with Crippen LogP contribution in [0, 0.1) is 0 Å². The summed E-state index contributed by atoms with van der Waals surface area (Å²) in [6, 6.07) is 5.89. The summed E-state index contributed by atoms with van der Waals surface area (Å²) in [5.74, 6) is 0.849. The summed E-state index contributed by atoms with van der Waals surface area (Å²) in [4.78, 5) is 7.05. The molecule has 0 aromatic heterocycles. The highest BCUT2D eigenvalue weighted by molar-refractivity contribution is 14.0. The first-order valence-corrected chi connectivity index (χ1v) is 10.2. The molecule has 1 aliphatic rings. The van der Waals surface area contributed by atoms with Gasteiger partial charge >= 0.3 is 6.61 Å². The molecule has 0 saturated carbocycles. The second-order valence-electron chi connectivity index (χ2n) is 6.87. The molecule has 0 bridgehead atoms. The van der Waals surface area contributed by atoms with Gasteiger partial charge in [0.1, 0.15) is 5.75 Å². The topological polar surface area (TPSA) is 48.9 Å². The lowest BCUT2D eigenvalue weighted by molar-refractivity contribution is -0.0504. The maximum atomic E-state index is 12.6. The molecule has 0 unspecified atom stereocenters. The molecule has 0 aliphatic carbocycles. The van der Waals surface area contributed by atoms with E-state index in [-0.39, 0.29) is 36.3 Å². The third kappa shape index (κ3) is 8.36. The molecule has 1 fully saturated rings. The first-order valence-electron chi connectivity index (χ1n) is 9.41. The minimum absolute atomic E-state index is 0. The van der Waals surface area contributed by atoms with Crippen molar-refractivity contribution in [3.8, 4) is 5.75 Å². The Morgan fingerprint density at radius 3 is 2.57 bits per heavy atom. The van der Waals surface area contributed by atoms with Gasteiger partial charge in [-0.3, -0.25) is 0 Å². The Kier molecular flexibility index (Phi) is 11.6. The number of rotatable bonds is 7. The number of piperidine rings is 1. The first kappa shape index (κ1) is 25.4. The average Bonchev–Trinajstić information content (AvgIpc) is 2.62. The van der Waals surface area contributed by atoms with E-state index in [2.05, 4.69) is 55.0 Å². The van der Waals surface area contributed by atoms with Gasteiger partial charge in [0.2, 0.25) is 0 Å². The molecule has 2 rings (SSSR count). The normalized spacial score (nSPS) is 16.2. The number of nitrogens with zero attached hydrogens (tertiary/aromatic N) is 2. The third-order valence-electron chi connectivity index (χ3n) is 4.59. The van der Waals surface area contributed by atoms with E-state index in [1.165, 1.54) is 6.07 Å². The highest BCUT2D eigenvalue weighted by Gasteiger charge is 2.21. The van der Waals surface area contributed by atoms with Crippen molar-refractivity contribution in [3.05, 3.63) is 28.2 Å². The van der Waals surface area contributed by atoms with Gasteiger partial charge in [-0.15, -0.1) is 24.0 Å². The lowest BCUT2D eigenvalue weighted by atomic mass is 10.0. The van der Waals surface area contributed by atoms with Crippen LogP contribution in [0.3, 0.4) is 0 Å². The zero-order chi connectivity index (χ0) is 19.8. The van der Waals surface area contributed by atoms with Crippen LogP contribution in [0.2, 0.25) is 0 Å². The van der Waals surface area contributed by atoms with Crippen molar-refractivity contribution in [2.24, 2.45) is 4.99 Å². The van der Waals surface area contributed by atoms with Gasteiger partial charge < -0.3 is 20.3 Å². The second kappa shape index (κ2) is 12.8. The van der Waals surface area contributed by atoms with Gasteiger partial charge in [-0.25, -0.2) is 4.99 Å². The molecule has 1 aromatic carbocycles. The van der Waals surface area contributed by atoms with Crippen molar-refractivity contribution in [1.29, 1.82) is 0 Å². The predicted octanol–water partition coefficient (Wildman–Crippen LogP) is 4.60. The predicted molar refractivity (Wildman–Crippen MR) is 124 cm³/mol. The maximum absolute atomic E-state index is 12.6. The van der Waals surface area contributed by atoms with Crippen molar-refractivity contribution in [1.82, 2.24) is 15.5 Å². The number of halogens is 4. The summed E-state index contributed by atoms with van der Waals surface area (Å²) in [6.45, 7) is 6.69. The van der Waals surface area contributed by atoms with Crippen molar-refractivity contribution < 1.29 is 13.5 Å². The Morgan fingerprint density at radius 1 is 1.32 bits per heavy atom. The van der Waals surface area contributed by atoms with E-state index >= 15 is 0 Å². The highest BCUT2D eigenvalue weighted by Crippen LogP contribution is 2.25.